The van der Waals surface area contributed by atoms with E-state index in [0.717, 1.165) is 27.8 Å². The lowest BCUT2D eigenvalue weighted by Gasteiger charge is -2.19. The molecule has 4 aromatic rings. The highest BCUT2D eigenvalue weighted by atomic mass is 16.6. The van der Waals surface area contributed by atoms with Crippen LogP contribution in [0.1, 0.15) is 66.7 Å². The van der Waals surface area contributed by atoms with Crippen LogP contribution in [0.15, 0.2) is 97.1 Å². The number of nitrogens with one attached hydrogen (secondary N) is 3. The van der Waals surface area contributed by atoms with E-state index in [-0.39, 0.29) is 76.1 Å². The standard InChI is InChI=1S/C46H49N3O11/c1-56-33-18-16-31(41(25-33)57-2)27-58-44(54)46(22-23-46)60-29-48-42(52)21-19-40(51)39(24-30-10-4-3-5-11-30)49-43(53)20-17-32(50)26-47-45(55)59-28-38-36-14-8-6-12-34(36)35-13-7-9-15-37(35)38/h3-16,18,25,38-39H,17,19-24,26-29H2,1-2H3,(H,47,55)(H,48,52)(H,49,53)/t39-/m0/s1. The SMILES string of the molecule is COc1ccc(COC(=O)C2(OCNC(=O)CCC(=O)[C@H](Cc3ccccc3)NC(=O)CCC(=O)CNC(=O)OCC3c4ccccc4-c4ccccc43)CC2)c(OC)c1. The molecule has 0 heterocycles. The number of fused-ring (bicyclic) bond motifs is 3. The fourth-order valence-electron chi connectivity index (χ4n) is 7.04. The molecule has 4 aromatic carbocycles. The third kappa shape index (κ3) is 11.3. The number of hydrogen-bond donors (Lipinski definition) is 3. The lowest BCUT2D eigenvalue weighted by Crippen LogP contribution is -2.43. The molecule has 2 aliphatic rings. The van der Waals surface area contributed by atoms with Crippen LogP contribution < -0.4 is 25.4 Å². The Bertz CT molecular complexity index is 2140. The van der Waals surface area contributed by atoms with Crippen molar-refractivity contribution in [1.82, 2.24) is 16.0 Å². The van der Waals surface area contributed by atoms with Gasteiger partial charge in [-0.15, -0.1) is 0 Å². The number of Topliss-reactive ketones (excluding diaryl/α,β-unsaturated/α-hetero) is 2. The zero-order valence-corrected chi connectivity index (χ0v) is 33.7. The molecule has 1 saturated carbocycles. The molecule has 0 saturated heterocycles. The van der Waals surface area contributed by atoms with E-state index in [1.807, 2.05) is 78.9 Å². The number of carbonyl (C=O) groups excluding carboxylic acids is 6. The summed E-state index contributed by atoms with van der Waals surface area (Å²) in [6, 6.07) is 29.2. The van der Waals surface area contributed by atoms with Crippen LogP contribution in [0.5, 0.6) is 11.5 Å². The molecule has 14 nitrogen and oxygen atoms in total. The topological polar surface area (TPSA) is 185 Å². The first-order chi connectivity index (χ1) is 29.1. The van der Waals surface area contributed by atoms with Gasteiger partial charge >= 0.3 is 12.1 Å². The molecule has 3 amide bonds. The maximum atomic E-state index is 13.4. The Hall–Kier alpha value is -6.54. The van der Waals surface area contributed by atoms with Crippen molar-refractivity contribution in [2.75, 3.05) is 34.1 Å². The van der Waals surface area contributed by atoms with Crippen molar-refractivity contribution in [2.45, 2.75) is 69.1 Å². The van der Waals surface area contributed by atoms with E-state index in [2.05, 4.69) is 16.0 Å². The van der Waals surface area contributed by atoms with Crippen molar-refractivity contribution in [2.24, 2.45) is 0 Å². The second kappa shape index (κ2) is 20.4. The molecule has 1 atom stereocenters. The molecule has 2 aliphatic carbocycles. The Morgan fingerprint density at radius 2 is 1.38 bits per heavy atom. The van der Waals surface area contributed by atoms with E-state index >= 15 is 0 Å². The van der Waals surface area contributed by atoms with Crippen LogP contribution in [0.25, 0.3) is 11.1 Å². The Morgan fingerprint density at radius 1 is 0.717 bits per heavy atom. The number of esters is 1. The number of amides is 3. The maximum Gasteiger partial charge on any atom is 0.407 e. The summed E-state index contributed by atoms with van der Waals surface area (Å²) in [5, 5.41) is 7.78. The normalized spacial score (nSPS) is 13.8. The number of ketones is 2. The minimum Gasteiger partial charge on any atom is -0.497 e. The predicted octanol–water partition coefficient (Wildman–Crippen LogP) is 5.33. The van der Waals surface area contributed by atoms with Crippen LogP contribution in [0.3, 0.4) is 0 Å². The molecule has 1 fully saturated rings. The van der Waals surface area contributed by atoms with E-state index in [1.165, 1.54) is 14.2 Å². The second-order valence-corrected chi connectivity index (χ2v) is 14.6. The van der Waals surface area contributed by atoms with Crippen LogP contribution in [0.4, 0.5) is 4.79 Å². The van der Waals surface area contributed by atoms with Crippen LogP contribution >= 0.6 is 0 Å². The highest BCUT2D eigenvalue weighted by molar-refractivity contribution is 5.93. The molecular formula is C46H49N3O11. The summed E-state index contributed by atoms with van der Waals surface area (Å²) in [7, 11) is 3.04. The van der Waals surface area contributed by atoms with Gasteiger partial charge in [0.25, 0.3) is 0 Å². The Balaban J connectivity index is 0.904. The molecule has 6 rings (SSSR count). The summed E-state index contributed by atoms with van der Waals surface area (Å²) in [5.74, 6) is -1.34. The minimum atomic E-state index is -1.16. The summed E-state index contributed by atoms with van der Waals surface area (Å²) in [6.07, 6.45) is -0.435. The molecule has 60 heavy (non-hydrogen) atoms. The molecule has 0 unspecified atom stereocenters. The summed E-state index contributed by atoms with van der Waals surface area (Å²) < 4.78 is 27.3. The fraction of sp³-hybridized carbons (Fsp3) is 0.348. The van der Waals surface area contributed by atoms with Gasteiger partial charge in [-0.1, -0.05) is 78.9 Å². The lowest BCUT2D eigenvalue weighted by atomic mass is 9.98. The summed E-state index contributed by atoms with van der Waals surface area (Å²) in [4.78, 5) is 77.1. The molecule has 14 heteroatoms. The maximum absolute atomic E-state index is 13.4. The van der Waals surface area contributed by atoms with Crippen LogP contribution in [0, 0.1) is 0 Å². The van der Waals surface area contributed by atoms with E-state index in [1.54, 1.807) is 18.2 Å². The highest BCUT2D eigenvalue weighted by Gasteiger charge is 2.53. The molecule has 0 aromatic heterocycles. The summed E-state index contributed by atoms with van der Waals surface area (Å²) >= 11 is 0. The van der Waals surface area contributed by atoms with Crippen molar-refractivity contribution in [3.63, 3.8) is 0 Å². The number of ether oxygens (including phenoxy) is 5. The number of hydrogen-bond acceptors (Lipinski definition) is 11. The smallest absolute Gasteiger partial charge is 0.407 e. The zero-order chi connectivity index (χ0) is 42.5. The first-order valence-corrected chi connectivity index (χ1v) is 19.8. The van der Waals surface area contributed by atoms with Crippen LogP contribution in [-0.4, -0.2) is 81.2 Å². The van der Waals surface area contributed by atoms with Gasteiger partial charge in [-0.3, -0.25) is 19.2 Å². The highest BCUT2D eigenvalue weighted by Crippen LogP contribution is 2.44. The Kier molecular flexibility index (Phi) is 14.7. The first kappa shape index (κ1) is 43.0. The predicted molar refractivity (Wildman–Crippen MR) is 219 cm³/mol. The number of benzene rings is 4. The quantitative estimate of drug-likeness (QED) is 0.0688. The summed E-state index contributed by atoms with van der Waals surface area (Å²) in [6.45, 7) is -0.523. The molecular weight excluding hydrogens is 771 g/mol. The van der Waals surface area contributed by atoms with Gasteiger partial charge in [0.1, 0.15) is 31.4 Å². The zero-order valence-electron chi connectivity index (χ0n) is 33.7. The van der Waals surface area contributed by atoms with Crippen LogP contribution in [0.2, 0.25) is 0 Å². The lowest BCUT2D eigenvalue weighted by molar-refractivity contribution is -0.163. The van der Waals surface area contributed by atoms with Gasteiger partial charge in [0.2, 0.25) is 11.8 Å². The largest absolute Gasteiger partial charge is 0.497 e. The second-order valence-electron chi connectivity index (χ2n) is 14.6. The number of rotatable bonds is 22. The summed E-state index contributed by atoms with van der Waals surface area (Å²) in [5.41, 5.74) is 4.62. The van der Waals surface area contributed by atoms with Gasteiger partial charge < -0.3 is 39.6 Å². The van der Waals surface area contributed by atoms with Gasteiger partial charge in [0.05, 0.1) is 26.8 Å². The average molecular weight is 820 g/mol. The van der Waals surface area contributed by atoms with Crippen molar-refractivity contribution in [1.29, 1.82) is 0 Å². The number of alkyl carbamates (subject to hydrolysis) is 1. The molecule has 3 N–H and O–H groups in total. The third-order valence-corrected chi connectivity index (χ3v) is 10.6. The van der Waals surface area contributed by atoms with Gasteiger partial charge in [-0.2, -0.15) is 0 Å². The van der Waals surface area contributed by atoms with Gasteiger partial charge in [-0.05, 0) is 59.2 Å². The van der Waals surface area contributed by atoms with Crippen molar-refractivity contribution < 1.29 is 52.5 Å². The Labute approximate surface area is 348 Å². The van der Waals surface area contributed by atoms with E-state index in [9.17, 15) is 28.8 Å². The number of carbonyl (C=O) groups is 6. The van der Waals surface area contributed by atoms with E-state index in [4.69, 9.17) is 23.7 Å². The molecule has 0 radical (unpaired) electrons. The van der Waals surface area contributed by atoms with Crippen LogP contribution in [-0.2, 0) is 51.2 Å². The Morgan fingerprint density at radius 3 is 2.05 bits per heavy atom. The monoisotopic (exact) mass is 819 g/mol. The van der Waals surface area contributed by atoms with Crippen molar-refractivity contribution >= 4 is 35.4 Å². The molecule has 0 aliphatic heterocycles. The van der Waals surface area contributed by atoms with Gasteiger partial charge in [0, 0.05) is 43.2 Å². The van der Waals surface area contributed by atoms with Crippen molar-refractivity contribution in [3.8, 4) is 22.6 Å². The van der Waals surface area contributed by atoms with Crippen molar-refractivity contribution in [3.05, 3.63) is 119 Å². The average Bonchev–Trinajstić information content (AvgIpc) is 4.00. The van der Waals surface area contributed by atoms with E-state index < -0.39 is 35.5 Å². The molecule has 0 bridgehead atoms. The fourth-order valence-corrected chi connectivity index (χ4v) is 7.04. The third-order valence-electron chi connectivity index (χ3n) is 10.6. The molecule has 314 valence electrons. The molecule has 0 spiro atoms. The number of methoxy groups -OCH3 is 2. The van der Waals surface area contributed by atoms with Gasteiger partial charge in [0.15, 0.2) is 17.2 Å². The first-order valence-electron chi connectivity index (χ1n) is 19.8. The van der Waals surface area contributed by atoms with Gasteiger partial charge in [-0.25, -0.2) is 9.59 Å². The minimum absolute atomic E-state index is 0.0383. The van der Waals surface area contributed by atoms with E-state index in [0.29, 0.717) is 29.9 Å².